The van der Waals surface area contributed by atoms with Crippen molar-refractivity contribution in [2.24, 2.45) is 0 Å². The van der Waals surface area contributed by atoms with Gasteiger partial charge in [-0.05, 0) is 13.8 Å². The van der Waals surface area contributed by atoms with Gasteiger partial charge in [-0.3, -0.25) is 0 Å². The standard InChI is InChI=1S/C10H19N3OS/c1-7(14)5-11-6-9-8(2)12-10(15-9)13(3)4/h7,11,14H,5-6H2,1-4H3/t7-/m1/s1. The summed E-state index contributed by atoms with van der Waals surface area (Å²) in [4.78, 5) is 7.70. The number of anilines is 1. The van der Waals surface area contributed by atoms with Gasteiger partial charge in [-0.2, -0.15) is 0 Å². The Balaban J connectivity index is 2.53. The third-order valence-corrected chi connectivity index (χ3v) is 3.31. The number of aliphatic hydroxyl groups excluding tert-OH is 1. The third kappa shape index (κ3) is 3.77. The van der Waals surface area contributed by atoms with Crippen molar-refractivity contribution in [2.45, 2.75) is 26.5 Å². The van der Waals surface area contributed by atoms with Gasteiger partial charge in [0.15, 0.2) is 5.13 Å². The number of hydrogen-bond donors (Lipinski definition) is 2. The zero-order chi connectivity index (χ0) is 11.4. The molecule has 0 radical (unpaired) electrons. The molecule has 1 aromatic rings. The Kier molecular flexibility index (Phi) is 4.50. The van der Waals surface area contributed by atoms with Crippen LogP contribution in [0.15, 0.2) is 0 Å². The predicted octanol–water partition coefficient (Wildman–Crippen LogP) is 0.988. The number of nitrogens with one attached hydrogen (secondary N) is 1. The Hall–Kier alpha value is -0.650. The summed E-state index contributed by atoms with van der Waals surface area (Å²) in [7, 11) is 3.98. The van der Waals surface area contributed by atoms with Crippen LogP contribution in [0.3, 0.4) is 0 Å². The fraction of sp³-hybridized carbons (Fsp3) is 0.700. The first-order valence-corrected chi connectivity index (χ1v) is 5.84. The van der Waals surface area contributed by atoms with Crippen molar-refractivity contribution >= 4 is 16.5 Å². The summed E-state index contributed by atoms with van der Waals surface area (Å²) < 4.78 is 0. The Morgan fingerprint density at radius 3 is 2.67 bits per heavy atom. The van der Waals surface area contributed by atoms with E-state index in [1.807, 2.05) is 25.9 Å². The quantitative estimate of drug-likeness (QED) is 0.790. The number of rotatable bonds is 5. The summed E-state index contributed by atoms with van der Waals surface area (Å²) in [5.74, 6) is 0. The van der Waals surface area contributed by atoms with Crippen LogP contribution >= 0.6 is 11.3 Å². The van der Waals surface area contributed by atoms with Crippen LogP contribution in [0, 0.1) is 6.92 Å². The molecule has 86 valence electrons. The molecule has 1 atom stereocenters. The highest BCUT2D eigenvalue weighted by Gasteiger charge is 2.08. The van der Waals surface area contributed by atoms with Gasteiger partial charge in [0.1, 0.15) is 0 Å². The molecule has 0 fully saturated rings. The van der Waals surface area contributed by atoms with Crippen molar-refractivity contribution in [3.63, 3.8) is 0 Å². The maximum Gasteiger partial charge on any atom is 0.185 e. The van der Waals surface area contributed by atoms with E-state index in [1.165, 1.54) is 4.88 Å². The number of hydrogen-bond acceptors (Lipinski definition) is 5. The highest BCUT2D eigenvalue weighted by molar-refractivity contribution is 7.15. The van der Waals surface area contributed by atoms with Gasteiger partial charge in [0.05, 0.1) is 11.8 Å². The molecule has 0 unspecified atom stereocenters. The smallest absolute Gasteiger partial charge is 0.185 e. The summed E-state index contributed by atoms with van der Waals surface area (Å²) in [6.45, 7) is 5.19. The summed E-state index contributed by atoms with van der Waals surface area (Å²) in [5, 5.41) is 13.3. The lowest BCUT2D eigenvalue weighted by molar-refractivity contribution is 0.191. The van der Waals surface area contributed by atoms with E-state index in [-0.39, 0.29) is 6.10 Å². The van der Waals surface area contributed by atoms with Crippen molar-refractivity contribution in [3.05, 3.63) is 10.6 Å². The van der Waals surface area contributed by atoms with Crippen LogP contribution in [0.4, 0.5) is 5.13 Å². The van der Waals surface area contributed by atoms with Crippen LogP contribution in [0.25, 0.3) is 0 Å². The fourth-order valence-corrected chi connectivity index (χ4v) is 2.12. The fourth-order valence-electron chi connectivity index (χ4n) is 1.16. The first-order chi connectivity index (χ1) is 7.00. The first-order valence-electron chi connectivity index (χ1n) is 5.03. The van der Waals surface area contributed by atoms with E-state index in [4.69, 9.17) is 5.11 Å². The minimum Gasteiger partial charge on any atom is -0.392 e. The largest absolute Gasteiger partial charge is 0.392 e. The van der Waals surface area contributed by atoms with E-state index in [0.717, 1.165) is 17.4 Å². The molecule has 0 aliphatic rings. The van der Waals surface area contributed by atoms with Crippen LogP contribution in [0.2, 0.25) is 0 Å². The molecule has 0 saturated carbocycles. The number of aliphatic hydroxyl groups is 1. The van der Waals surface area contributed by atoms with Gasteiger partial charge in [0.25, 0.3) is 0 Å². The van der Waals surface area contributed by atoms with Crippen molar-refractivity contribution in [1.29, 1.82) is 0 Å². The minimum atomic E-state index is -0.299. The molecule has 2 N–H and O–H groups in total. The SMILES string of the molecule is Cc1nc(N(C)C)sc1CNC[C@@H](C)O. The maximum absolute atomic E-state index is 9.11. The Morgan fingerprint density at radius 2 is 2.20 bits per heavy atom. The zero-order valence-electron chi connectivity index (χ0n) is 9.74. The summed E-state index contributed by atoms with van der Waals surface area (Å²) in [5.41, 5.74) is 1.07. The second kappa shape index (κ2) is 5.44. The van der Waals surface area contributed by atoms with E-state index in [9.17, 15) is 0 Å². The van der Waals surface area contributed by atoms with Gasteiger partial charge >= 0.3 is 0 Å². The van der Waals surface area contributed by atoms with Gasteiger partial charge in [0, 0.05) is 32.1 Å². The van der Waals surface area contributed by atoms with E-state index in [1.54, 1.807) is 18.3 Å². The number of aryl methyl sites for hydroxylation is 1. The second-order valence-corrected chi connectivity index (χ2v) is 4.94. The number of thiazole rings is 1. The summed E-state index contributed by atoms with van der Waals surface area (Å²) in [6.07, 6.45) is -0.299. The van der Waals surface area contributed by atoms with Crippen molar-refractivity contribution in [1.82, 2.24) is 10.3 Å². The molecule has 0 spiro atoms. The van der Waals surface area contributed by atoms with E-state index >= 15 is 0 Å². The normalized spacial score (nSPS) is 12.9. The Bertz CT molecular complexity index is 310. The van der Waals surface area contributed by atoms with Crippen molar-refractivity contribution in [3.8, 4) is 0 Å². The highest BCUT2D eigenvalue weighted by Crippen LogP contribution is 2.24. The van der Waals surface area contributed by atoms with E-state index < -0.39 is 0 Å². The predicted molar refractivity (Wildman–Crippen MR) is 64.6 cm³/mol. The molecule has 1 heterocycles. The average molecular weight is 229 g/mol. The van der Waals surface area contributed by atoms with Crippen molar-refractivity contribution < 1.29 is 5.11 Å². The zero-order valence-corrected chi connectivity index (χ0v) is 10.6. The molecule has 5 heteroatoms. The molecule has 0 aromatic carbocycles. The Morgan fingerprint density at radius 1 is 1.53 bits per heavy atom. The molecule has 1 aromatic heterocycles. The molecule has 0 aliphatic heterocycles. The second-order valence-electron chi connectivity index (χ2n) is 3.88. The molecular weight excluding hydrogens is 210 g/mol. The average Bonchev–Trinajstić information content (AvgIpc) is 2.47. The summed E-state index contributed by atoms with van der Waals surface area (Å²) >= 11 is 1.69. The van der Waals surface area contributed by atoms with E-state index in [2.05, 4.69) is 10.3 Å². The van der Waals surface area contributed by atoms with Gasteiger partial charge in [-0.15, -0.1) is 11.3 Å². The topological polar surface area (TPSA) is 48.4 Å². The lowest BCUT2D eigenvalue weighted by Gasteiger charge is -2.06. The monoisotopic (exact) mass is 229 g/mol. The van der Waals surface area contributed by atoms with Crippen LogP contribution in [0.5, 0.6) is 0 Å². The molecule has 0 amide bonds. The van der Waals surface area contributed by atoms with Crippen LogP contribution in [-0.2, 0) is 6.54 Å². The number of aromatic nitrogens is 1. The van der Waals surface area contributed by atoms with Crippen LogP contribution in [0.1, 0.15) is 17.5 Å². The Labute approximate surface area is 94.9 Å². The molecule has 0 aliphatic carbocycles. The van der Waals surface area contributed by atoms with E-state index in [0.29, 0.717) is 6.54 Å². The molecular formula is C10H19N3OS. The molecule has 0 saturated heterocycles. The van der Waals surface area contributed by atoms with Gasteiger partial charge in [-0.25, -0.2) is 4.98 Å². The first kappa shape index (κ1) is 12.4. The highest BCUT2D eigenvalue weighted by atomic mass is 32.1. The number of nitrogens with zero attached hydrogens (tertiary/aromatic N) is 2. The van der Waals surface area contributed by atoms with Gasteiger partial charge in [0.2, 0.25) is 0 Å². The van der Waals surface area contributed by atoms with Crippen molar-refractivity contribution in [2.75, 3.05) is 25.5 Å². The molecule has 4 nitrogen and oxygen atoms in total. The van der Waals surface area contributed by atoms with Gasteiger partial charge < -0.3 is 15.3 Å². The maximum atomic E-state index is 9.11. The molecule has 15 heavy (non-hydrogen) atoms. The lowest BCUT2D eigenvalue weighted by Crippen LogP contribution is -2.23. The van der Waals surface area contributed by atoms with Crippen LogP contribution in [-0.4, -0.2) is 36.8 Å². The lowest BCUT2D eigenvalue weighted by atomic mass is 10.3. The van der Waals surface area contributed by atoms with Gasteiger partial charge in [-0.1, -0.05) is 0 Å². The third-order valence-electron chi connectivity index (χ3n) is 1.99. The minimum absolute atomic E-state index is 0.299. The summed E-state index contributed by atoms with van der Waals surface area (Å²) in [6, 6.07) is 0. The molecule has 0 bridgehead atoms. The van der Waals surface area contributed by atoms with Crippen LogP contribution < -0.4 is 10.2 Å². The molecule has 1 rings (SSSR count).